The van der Waals surface area contributed by atoms with E-state index in [1.54, 1.807) is 6.07 Å². The molecule has 0 saturated carbocycles. The van der Waals surface area contributed by atoms with Crippen molar-refractivity contribution in [3.05, 3.63) is 28.8 Å². The quantitative estimate of drug-likeness (QED) is 0.917. The second kappa shape index (κ2) is 5.53. The zero-order chi connectivity index (χ0) is 14.9. The van der Waals surface area contributed by atoms with Crippen molar-refractivity contribution < 1.29 is 19.4 Å². The van der Waals surface area contributed by atoms with Crippen molar-refractivity contribution in [3.63, 3.8) is 0 Å². The third kappa shape index (κ3) is 2.48. The first kappa shape index (κ1) is 14.4. The minimum Gasteiger partial charge on any atom is -0.496 e. The van der Waals surface area contributed by atoms with E-state index in [1.807, 2.05) is 19.9 Å². The molecule has 0 bridgehead atoms. The van der Waals surface area contributed by atoms with E-state index >= 15 is 0 Å². The Morgan fingerprint density at radius 1 is 1.35 bits per heavy atom. The standard InChI is InChI=1S/C15H19NO4/c1-9-7-10(2)13(12(8-9)20-3)14(17)16-6-4-5-11(16)15(18)19/h7-8,11H,4-6H2,1-3H3,(H,18,19). The molecule has 1 heterocycles. The van der Waals surface area contributed by atoms with Crippen molar-refractivity contribution in [3.8, 4) is 5.75 Å². The molecule has 20 heavy (non-hydrogen) atoms. The lowest BCUT2D eigenvalue weighted by molar-refractivity contribution is -0.141. The maximum Gasteiger partial charge on any atom is 0.326 e. The molecule has 1 aliphatic heterocycles. The van der Waals surface area contributed by atoms with Gasteiger partial charge in [0.1, 0.15) is 11.8 Å². The molecule has 5 heteroatoms. The third-order valence-corrected chi connectivity index (χ3v) is 3.68. The molecule has 0 aliphatic carbocycles. The number of carbonyl (C=O) groups excluding carboxylic acids is 1. The SMILES string of the molecule is COc1cc(C)cc(C)c1C(=O)N1CCCC1C(=O)O. The Kier molecular flexibility index (Phi) is 3.97. The van der Waals surface area contributed by atoms with Crippen molar-refractivity contribution in [2.75, 3.05) is 13.7 Å². The van der Waals surface area contributed by atoms with E-state index in [0.29, 0.717) is 24.3 Å². The molecular formula is C15H19NO4. The van der Waals surface area contributed by atoms with E-state index in [9.17, 15) is 14.7 Å². The van der Waals surface area contributed by atoms with Gasteiger partial charge in [-0.05, 0) is 43.9 Å². The Morgan fingerprint density at radius 2 is 2.05 bits per heavy atom. The number of hydrogen-bond donors (Lipinski definition) is 1. The van der Waals surface area contributed by atoms with Crippen molar-refractivity contribution in [2.45, 2.75) is 32.7 Å². The summed E-state index contributed by atoms with van der Waals surface area (Å²) >= 11 is 0. The maximum absolute atomic E-state index is 12.7. The highest BCUT2D eigenvalue weighted by Gasteiger charge is 2.35. The van der Waals surface area contributed by atoms with E-state index in [4.69, 9.17) is 4.74 Å². The van der Waals surface area contributed by atoms with Gasteiger partial charge in [-0.2, -0.15) is 0 Å². The average Bonchev–Trinajstić information content (AvgIpc) is 2.86. The van der Waals surface area contributed by atoms with Crippen LogP contribution in [0.2, 0.25) is 0 Å². The Labute approximate surface area is 118 Å². The van der Waals surface area contributed by atoms with E-state index in [0.717, 1.165) is 17.5 Å². The predicted octanol–water partition coefficient (Wildman–Crippen LogP) is 2.00. The first-order chi connectivity index (χ1) is 9.45. The van der Waals surface area contributed by atoms with E-state index < -0.39 is 12.0 Å². The molecule has 1 amide bonds. The molecule has 0 spiro atoms. The van der Waals surface area contributed by atoms with Gasteiger partial charge in [0, 0.05) is 6.54 Å². The molecule has 0 aromatic heterocycles. The molecule has 0 radical (unpaired) electrons. The topological polar surface area (TPSA) is 66.8 Å². The van der Waals surface area contributed by atoms with Crippen LogP contribution in [-0.2, 0) is 4.79 Å². The van der Waals surface area contributed by atoms with Crippen LogP contribution in [0.5, 0.6) is 5.75 Å². The molecule has 1 saturated heterocycles. The zero-order valence-corrected chi connectivity index (χ0v) is 12.0. The third-order valence-electron chi connectivity index (χ3n) is 3.68. The van der Waals surface area contributed by atoms with Crippen LogP contribution in [0.25, 0.3) is 0 Å². The van der Waals surface area contributed by atoms with Crippen LogP contribution in [0.4, 0.5) is 0 Å². The van der Waals surface area contributed by atoms with Gasteiger partial charge in [0.05, 0.1) is 12.7 Å². The molecule has 2 rings (SSSR count). The molecule has 1 aliphatic rings. The van der Waals surface area contributed by atoms with Gasteiger partial charge in [0.25, 0.3) is 5.91 Å². The lowest BCUT2D eigenvalue weighted by Crippen LogP contribution is -2.40. The molecule has 1 fully saturated rings. The summed E-state index contributed by atoms with van der Waals surface area (Å²) in [4.78, 5) is 25.3. The van der Waals surface area contributed by atoms with Crippen LogP contribution < -0.4 is 4.74 Å². The number of nitrogens with zero attached hydrogens (tertiary/aromatic N) is 1. The van der Waals surface area contributed by atoms with Crippen LogP contribution >= 0.6 is 0 Å². The van der Waals surface area contributed by atoms with Gasteiger partial charge in [-0.25, -0.2) is 4.79 Å². The number of carboxylic acids is 1. The molecule has 5 nitrogen and oxygen atoms in total. The van der Waals surface area contributed by atoms with Crippen LogP contribution in [0.15, 0.2) is 12.1 Å². The lowest BCUT2D eigenvalue weighted by Gasteiger charge is -2.23. The zero-order valence-electron chi connectivity index (χ0n) is 12.0. The minimum absolute atomic E-state index is 0.260. The number of ether oxygens (including phenoxy) is 1. The Bertz CT molecular complexity index is 553. The number of benzene rings is 1. The highest BCUT2D eigenvalue weighted by atomic mass is 16.5. The summed E-state index contributed by atoms with van der Waals surface area (Å²) < 4.78 is 5.29. The molecule has 1 aromatic carbocycles. The number of aliphatic carboxylic acids is 1. The van der Waals surface area contributed by atoms with Crippen molar-refractivity contribution >= 4 is 11.9 Å². The largest absolute Gasteiger partial charge is 0.496 e. The number of methoxy groups -OCH3 is 1. The fourth-order valence-electron chi connectivity index (χ4n) is 2.77. The lowest BCUT2D eigenvalue weighted by atomic mass is 10.0. The molecule has 1 unspecified atom stereocenters. The summed E-state index contributed by atoms with van der Waals surface area (Å²) in [5.74, 6) is -0.702. The number of carbonyl (C=O) groups is 2. The van der Waals surface area contributed by atoms with Crippen molar-refractivity contribution in [1.82, 2.24) is 4.90 Å². The van der Waals surface area contributed by atoms with Gasteiger partial charge in [-0.3, -0.25) is 4.79 Å². The second-order valence-electron chi connectivity index (χ2n) is 5.15. The Balaban J connectivity index is 2.41. The fourth-order valence-corrected chi connectivity index (χ4v) is 2.77. The maximum atomic E-state index is 12.7. The Hall–Kier alpha value is -2.04. The highest BCUT2D eigenvalue weighted by molar-refractivity contribution is 6.00. The molecule has 1 aromatic rings. The van der Waals surface area contributed by atoms with Crippen molar-refractivity contribution in [1.29, 1.82) is 0 Å². The summed E-state index contributed by atoms with van der Waals surface area (Å²) in [5.41, 5.74) is 2.28. The molecule has 1 atom stereocenters. The predicted molar refractivity (Wildman–Crippen MR) is 74.2 cm³/mol. The van der Waals surface area contributed by atoms with Crippen LogP contribution in [0.3, 0.4) is 0 Å². The highest BCUT2D eigenvalue weighted by Crippen LogP contribution is 2.28. The fraction of sp³-hybridized carbons (Fsp3) is 0.467. The van der Waals surface area contributed by atoms with Gasteiger partial charge in [0.15, 0.2) is 0 Å². The number of amides is 1. The minimum atomic E-state index is -0.945. The van der Waals surface area contributed by atoms with Gasteiger partial charge < -0.3 is 14.7 Å². The summed E-state index contributed by atoms with van der Waals surface area (Å²) in [6.07, 6.45) is 1.23. The van der Waals surface area contributed by atoms with E-state index in [2.05, 4.69) is 0 Å². The number of likely N-dealkylation sites (tertiary alicyclic amines) is 1. The first-order valence-electron chi connectivity index (χ1n) is 6.64. The van der Waals surface area contributed by atoms with Gasteiger partial charge in [0.2, 0.25) is 0 Å². The monoisotopic (exact) mass is 277 g/mol. The number of carboxylic acid groups (broad SMARTS) is 1. The van der Waals surface area contributed by atoms with Gasteiger partial charge in [-0.1, -0.05) is 6.07 Å². The summed E-state index contributed by atoms with van der Waals surface area (Å²) in [5, 5.41) is 9.19. The van der Waals surface area contributed by atoms with Crippen LogP contribution in [0, 0.1) is 13.8 Å². The smallest absolute Gasteiger partial charge is 0.326 e. The van der Waals surface area contributed by atoms with Crippen LogP contribution in [-0.4, -0.2) is 41.6 Å². The first-order valence-corrected chi connectivity index (χ1v) is 6.64. The number of aryl methyl sites for hydroxylation is 2. The van der Waals surface area contributed by atoms with Gasteiger partial charge >= 0.3 is 5.97 Å². The molecule has 108 valence electrons. The van der Waals surface area contributed by atoms with Gasteiger partial charge in [-0.15, -0.1) is 0 Å². The summed E-state index contributed by atoms with van der Waals surface area (Å²) in [6, 6.07) is 2.97. The Morgan fingerprint density at radius 3 is 2.65 bits per heavy atom. The number of hydrogen-bond acceptors (Lipinski definition) is 3. The average molecular weight is 277 g/mol. The summed E-state index contributed by atoms with van der Waals surface area (Å²) in [7, 11) is 1.52. The van der Waals surface area contributed by atoms with E-state index in [1.165, 1.54) is 12.0 Å². The number of rotatable bonds is 3. The van der Waals surface area contributed by atoms with E-state index in [-0.39, 0.29) is 5.91 Å². The molecular weight excluding hydrogens is 258 g/mol. The van der Waals surface area contributed by atoms with Crippen molar-refractivity contribution in [2.24, 2.45) is 0 Å². The second-order valence-corrected chi connectivity index (χ2v) is 5.15. The summed E-state index contributed by atoms with van der Waals surface area (Å²) in [6.45, 7) is 4.25. The molecule has 1 N–H and O–H groups in total. The normalized spacial score (nSPS) is 18.1. The van der Waals surface area contributed by atoms with Crippen LogP contribution in [0.1, 0.15) is 34.3 Å².